The lowest BCUT2D eigenvalue weighted by atomic mass is 10.1. The summed E-state index contributed by atoms with van der Waals surface area (Å²) in [5.41, 5.74) is 2.53. The molecule has 1 aliphatic rings. The summed E-state index contributed by atoms with van der Waals surface area (Å²) in [6.07, 6.45) is 3.90. The largest absolute Gasteiger partial charge is 0.495 e. The van der Waals surface area contributed by atoms with Crippen LogP contribution >= 0.6 is 0 Å². The number of hydrogen-bond donors (Lipinski definition) is 1. The molecule has 0 bridgehead atoms. The third-order valence-corrected chi connectivity index (χ3v) is 5.37. The normalized spacial score (nSPS) is 16.0. The first-order valence-corrected chi connectivity index (χ1v) is 9.86. The molecule has 1 atom stereocenters. The molecule has 1 saturated heterocycles. The van der Waals surface area contributed by atoms with E-state index in [0.717, 1.165) is 17.9 Å². The van der Waals surface area contributed by atoms with Crippen LogP contribution in [-0.2, 0) is 16.1 Å². The summed E-state index contributed by atoms with van der Waals surface area (Å²) < 4.78 is 7.41. The summed E-state index contributed by atoms with van der Waals surface area (Å²) in [4.78, 5) is 31.1. The molecule has 154 valence electrons. The van der Waals surface area contributed by atoms with Gasteiger partial charge >= 0.3 is 0 Å². The zero-order valence-corrected chi connectivity index (χ0v) is 17.0. The van der Waals surface area contributed by atoms with Crippen molar-refractivity contribution < 1.29 is 14.3 Å². The number of aryl methyl sites for hydroxylation is 1. The molecule has 2 aromatic carbocycles. The lowest BCUT2D eigenvalue weighted by molar-refractivity contribution is -0.122. The maximum absolute atomic E-state index is 12.7. The van der Waals surface area contributed by atoms with Gasteiger partial charge in [0.25, 0.3) is 0 Å². The number of anilines is 2. The number of nitrogens with one attached hydrogen (secondary N) is 1. The highest BCUT2D eigenvalue weighted by molar-refractivity contribution is 6.04. The smallest absolute Gasteiger partial charge is 0.229 e. The Kier molecular flexibility index (Phi) is 5.52. The van der Waals surface area contributed by atoms with E-state index in [1.54, 1.807) is 18.2 Å². The number of carbonyl (C=O) groups excluding carboxylic acids is 2. The molecule has 1 aliphatic heterocycles. The summed E-state index contributed by atoms with van der Waals surface area (Å²) in [6.45, 7) is 3.03. The van der Waals surface area contributed by atoms with Crippen LogP contribution in [0.4, 0.5) is 11.4 Å². The molecular formula is C23H24N4O3. The zero-order valence-electron chi connectivity index (χ0n) is 17.0. The van der Waals surface area contributed by atoms with Gasteiger partial charge in [-0.05, 0) is 36.8 Å². The van der Waals surface area contributed by atoms with Crippen LogP contribution < -0.4 is 15.0 Å². The number of benzene rings is 2. The van der Waals surface area contributed by atoms with Crippen molar-refractivity contribution >= 4 is 23.2 Å². The van der Waals surface area contributed by atoms with Crippen molar-refractivity contribution in [3.63, 3.8) is 0 Å². The topological polar surface area (TPSA) is 76.5 Å². The number of imidazole rings is 1. The quantitative estimate of drug-likeness (QED) is 0.684. The first-order chi connectivity index (χ1) is 14.5. The van der Waals surface area contributed by atoms with E-state index in [1.807, 2.05) is 61.7 Å². The second-order valence-corrected chi connectivity index (χ2v) is 7.37. The number of hydrogen-bond acceptors (Lipinski definition) is 4. The van der Waals surface area contributed by atoms with E-state index >= 15 is 0 Å². The minimum absolute atomic E-state index is 0.0781. The van der Waals surface area contributed by atoms with Crippen molar-refractivity contribution in [1.29, 1.82) is 0 Å². The lowest BCUT2D eigenvalue weighted by Crippen LogP contribution is -2.28. The van der Waals surface area contributed by atoms with Gasteiger partial charge in [0.05, 0.1) is 18.7 Å². The molecule has 0 aliphatic carbocycles. The molecular weight excluding hydrogens is 380 g/mol. The molecule has 0 spiro atoms. The number of ether oxygens (including phenoxy) is 1. The number of nitrogens with zero attached hydrogens (tertiary/aromatic N) is 3. The first kappa shape index (κ1) is 19.7. The molecule has 7 nitrogen and oxygen atoms in total. The molecule has 1 N–H and O–H groups in total. The van der Waals surface area contributed by atoms with Crippen LogP contribution in [0.25, 0.3) is 0 Å². The monoisotopic (exact) mass is 404 g/mol. The van der Waals surface area contributed by atoms with Gasteiger partial charge in [-0.15, -0.1) is 0 Å². The lowest BCUT2D eigenvalue weighted by Gasteiger charge is -2.19. The highest BCUT2D eigenvalue weighted by Gasteiger charge is 2.36. The minimum atomic E-state index is -0.407. The van der Waals surface area contributed by atoms with Crippen LogP contribution in [0.2, 0.25) is 0 Å². The summed E-state index contributed by atoms with van der Waals surface area (Å²) in [5, 5.41) is 2.93. The average molecular weight is 404 g/mol. The van der Waals surface area contributed by atoms with Crippen LogP contribution in [0.3, 0.4) is 0 Å². The molecule has 0 radical (unpaired) electrons. The average Bonchev–Trinajstić information content (AvgIpc) is 3.35. The van der Waals surface area contributed by atoms with E-state index in [4.69, 9.17) is 4.74 Å². The summed E-state index contributed by atoms with van der Waals surface area (Å²) in [6, 6.07) is 15.1. The molecule has 7 heteroatoms. The maximum Gasteiger partial charge on any atom is 0.229 e. The van der Waals surface area contributed by atoms with Crippen molar-refractivity contribution in [2.24, 2.45) is 5.92 Å². The van der Waals surface area contributed by atoms with E-state index in [1.165, 1.54) is 0 Å². The Balaban J connectivity index is 1.39. The van der Waals surface area contributed by atoms with Crippen molar-refractivity contribution in [3.05, 3.63) is 72.3 Å². The first-order valence-electron chi connectivity index (χ1n) is 9.86. The van der Waals surface area contributed by atoms with Crippen molar-refractivity contribution in [2.75, 3.05) is 23.9 Å². The molecule has 1 unspecified atom stereocenters. The number of rotatable bonds is 6. The summed E-state index contributed by atoms with van der Waals surface area (Å²) >= 11 is 0. The van der Waals surface area contributed by atoms with Crippen LogP contribution in [-0.4, -0.2) is 35.0 Å². The van der Waals surface area contributed by atoms with Gasteiger partial charge in [-0.3, -0.25) is 9.59 Å². The molecule has 3 aromatic rings. The highest BCUT2D eigenvalue weighted by atomic mass is 16.5. The predicted molar refractivity (Wildman–Crippen MR) is 115 cm³/mol. The summed E-state index contributed by atoms with van der Waals surface area (Å²) in [5.74, 6) is 0.939. The Morgan fingerprint density at radius 1 is 1.20 bits per heavy atom. The minimum Gasteiger partial charge on any atom is -0.495 e. The Bertz CT molecular complexity index is 1060. The number of carbonyl (C=O) groups is 2. The van der Waals surface area contributed by atoms with E-state index < -0.39 is 5.92 Å². The fraction of sp³-hybridized carbons (Fsp3) is 0.261. The second-order valence-electron chi connectivity index (χ2n) is 7.37. The van der Waals surface area contributed by atoms with Crippen LogP contribution in [0.5, 0.6) is 5.75 Å². The van der Waals surface area contributed by atoms with E-state index in [0.29, 0.717) is 23.7 Å². The van der Waals surface area contributed by atoms with E-state index in [2.05, 4.69) is 14.9 Å². The van der Waals surface area contributed by atoms with Gasteiger partial charge in [-0.2, -0.15) is 0 Å². The molecule has 30 heavy (non-hydrogen) atoms. The molecule has 1 fully saturated rings. The fourth-order valence-corrected chi connectivity index (χ4v) is 3.67. The Morgan fingerprint density at radius 3 is 2.67 bits per heavy atom. The van der Waals surface area contributed by atoms with Gasteiger partial charge in [0.15, 0.2) is 0 Å². The third kappa shape index (κ3) is 4.05. The van der Waals surface area contributed by atoms with Crippen LogP contribution in [0.15, 0.2) is 60.9 Å². The molecule has 2 heterocycles. The maximum atomic E-state index is 12.7. The van der Waals surface area contributed by atoms with Gasteiger partial charge in [0.1, 0.15) is 11.6 Å². The second kappa shape index (κ2) is 8.41. The van der Waals surface area contributed by atoms with Gasteiger partial charge in [-0.25, -0.2) is 4.98 Å². The fourth-order valence-electron chi connectivity index (χ4n) is 3.67. The third-order valence-electron chi connectivity index (χ3n) is 5.37. The Morgan fingerprint density at radius 2 is 1.97 bits per heavy atom. The molecule has 4 rings (SSSR count). The Hall–Kier alpha value is -3.61. The standard InChI is InChI=1S/C23H24N4O3/c1-16-24-11-12-26(16)14-17-7-9-19(10-8-17)25-23(29)18-13-22(28)27(15-18)20-5-3-4-6-21(20)30-2/h3-12,18H,13-15H2,1-2H3,(H,25,29). The van der Waals surface area contributed by atoms with Crippen LogP contribution in [0, 0.1) is 12.8 Å². The highest BCUT2D eigenvalue weighted by Crippen LogP contribution is 2.33. The Labute approximate surface area is 175 Å². The molecule has 0 saturated carbocycles. The number of amides is 2. The predicted octanol–water partition coefficient (Wildman–Crippen LogP) is 3.24. The van der Waals surface area contributed by atoms with Crippen molar-refractivity contribution in [3.8, 4) is 5.75 Å². The zero-order chi connectivity index (χ0) is 21.1. The van der Waals surface area contributed by atoms with Gasteiger partial charge in [-0.1, -0.05) is 24.3 Å². The van der Waals surface area contributed by atoms with Crippen LogP contribution in [0.1, 0.15) is 17.8 Å². The van der Waals surface area contributed by atoms with Gasteiger partial charge < -0.3 is 19.5 Å². The van der Waals surface area contributed by atoms with Gasteiger partial charge in [0, 0.05) is 37.6 Å². The SMILES string of the molecule is COc1ccccc1N1CC(C(=O)Nc2ccc(Cn3ccnc3C)cc2)CC1=O. The van der Waals surface area contributed by atoms with E-state index in [-0.39, 0.29) is 18.2 Å². The molecule has 2 amide bonds. The summed E-state index contributed by atoms with van der Waals surface area (Å²) in [7, 11) is 1.57. The molecule has 1 aromatic heterocycles. The van der Waals surface area contributed by atoms with Gasteiger partial charge in [0.2, 0.25) is 11.8 Å². The number of para-hydroxylation sites is 2. The number of methoxy groups -OCH3 is 1. The number of aromatic nitrogens is 2. The van der Waals surface area contributed by atoms with Crippen molar-refractivity contribution in [1.82, 2.24) is 9.55 Å². The van der Waals surface area contributed by atoms with Crippen molar-refractivity contribution in [2.45, 2.75) is 19.9 Å². The van der Waals surface area contributed by atoms with E-state index in [9.17, 15) is 9.59 Å².